The lowest BCUT2D eigenvalue weighted by atomic mass is 9.89. The molecule has 1 aromatic rings. The molecule has 1 aromatic heterocycles. The van der Waals surface area contributed by atoms with Crippen molar-refractivity contribution in [3.8, 4) is 0 Å². The van der Waals surface area contributed by atoms with E-state index in [0.29, 0.717) is 18.2 Å². The number of hydrogen-bond donors (Lipinski definition) is 2. The van der Waals surface area contributed by atoms with Crippen molar-refractivity contribution in [1.82, 2.24) is 9.97 Å². The van der Waals surface area contributed by atoms with E-state index in [0.717, 1.165) is 0 Å². The van der Waals surface area contributed by atoms with E-state index >= 15 is 0 Å². The Bertz CT molecular complexity index is 263. The molecule has 4 nitrogen and oxygen atoms in total. The van der Waals surface area contributed by atoms with Crippen LogP contribution in [0.4, 0.5) is 0 Å². The van der Waals surface area contributed by atoms with Crippen molar-refractivity contribution in [3.05, 3.63) is 24.3 Å². The fourth-order valence-electron chi connectivity index (χ4n) is 1.45. The van der Waals surface area contributed by atoms with Crippen LogP contribution in [0.2, 0.25) is 0 Å². The van der Waals surface area contributed by atoms with E-state index in [9.17, 15) is 5.11 Å². The summed E-state index contributed by atoms with van der Waals surface area (Å²) in [6.45, 7) is 4.53. The lowest BCUT2D eigenvalue weighted by Crippen LogP contribution is -2.27. The van der Waals surface area contributed by atoms with Crippen molar-refractivity contribution in [2.24, 2.45) is 17.6 Å². The molecule has 4 heteroatoms. The maximum atomic E-state index is 9.97. The second kappa shape index (κ2) is 5.02. The standard InChI is InChI=1S/C10H17N3O/c1-7(2)8(5-11)10(14)9-6-12-3-4-13-9/h3-4,6-8,10,14H,5,11H2,1-2H3. The van der Waals surface area contributed by atoms with Gasteiger partial charge in [-0.3, -0.25) is 9.97 Å². The quantitative estimate of drug-likeness (QED) is 0.743. The molecule has 0 bridgehead atoms. The molecule has 1 heterocycles. The van der Waals surface area contributed by atoms with Crippen molar-refractivity contribution in [3.63, 3.8) is 0 Å². The number of nitrogens with zero attached hydrogens (tertiary/aromatic N) is 2. The highest BCUT2D eigenvalue weighted by Crippen LogP contribution is 2.24. The highest BCUT2D eigenvalue weighted by molar-refractivity contribution is 5.01. The fraction of sp³-hybridized carbons (Fsp3) is 0.600. The highest BCUT2D eigenvalue weighted by Gasteiger charge is 2.23. The summed E-state index contributed by atoms with van der Waals surface area (Å²) >= 11 is 0. The Kier molecular flexibility index (Phi) is 3.98. The third-order valence-electron chi connectivity index (χ3n) is 2.42. The molecule has 0 aliphatic heterocycles. The summed E-state index contributed by atoms with van der Waals surface area (Å²) in [5, 5.41) is 9.97. The van der Waals surface area contributed by atoms with Crippen molar-refractivity contribution < 1.29 is 5.11 Å². The van der Waals surface area contributed by atoms with E-state index in [1.54, 1.807) is 18.6 Å². The minimum absolute atomic E-state index is 0.0340. The van der Waals surface area contributed by atoms with Crippen molar-refractivity contribution in [2.45, 2.75) is 20.0 Å². The van der Waals surface area contributed by atoms with Gasteiger partial charge in [-0.25, -0.2) is 0 Å². The highest BCUT2D eigenvalue weighted by atomic mass is 16.3. The zero-order valence-corrected chi connectivity index (χ0v) is 8.59. The molecule has 0 aromatic carbocycles. The molecule has 0 aliphatic carbocycles. The molecule has 1 rings (SSSR count). The van der Waals surface area contributed by atoms with Gasteiger partial charge in [-0.05, 0) is 12.5 Å². The Morgan fingerprint density at radius 1 is 1.43 bits per heavy atom. The second-order valence-electron chi connectivity index (χ2n) is 3.72. The van der Waals surface area contributed by atoms with Crippen LogP contribution in [-0.2, 0) is 0 Å². The van der Waals surface area contributed by atoms with Crippen molar-refractivity contribution in [2.75, 3.05) is 6.54 Å². The van der Waals surface area contributed by atoms with Crippen LogP contribution in [0.15, 0.2) is 18.6 Å². The van der Waals surface area contributed by atoms with Crippen LogP contribution >= 0.6 is 0 Å². The minimum atomic E-state index is -0.617. The first-order valence-electron chi connectivity index (χ1n) is 4.80. The molecule has 2 atom stereocenters. The number of hydrogen-bond acceptors (Lipinski definition) is 4. The molecule has 0 aliphatic rings. The minimum Gasteiger partial charge on any atom is -0.386 e. The lowest BCUT2D eigenvalue weighted by Gasteiger charge is -2.23. The van der Waals surface area contributed by atoms with Crippen molar-refractivity contribution >= 4 is 0 Å². The maximum Gasteiger partial charge on any atom is 0.102 e. The number of rotatable bonds is 4. The van der Waals surface area contributed by atoms with Gasteiger partial charge in [0.15, 0.2) is 0 Å². The summed E-state index contributed by atoms with van der Waals surface area (Å²) in [5.41, 5.74) is 6.20. The lowest BCUT2D eigenvalue weighted by molar-refractivity contribution is 0.0820. The van der Waals surface area contributed by atoms with Crippen LogP contribution in [0.25, 0.3) is 0 Å². The van der Waals surface area contributed by atoms with Crippen molar-refractivity contribution in [1.29, 1.82) is 0 Å². The first-order chi connectivity index (χ1) is 6.66. The first-order valence-corrected chi connectivity index (χ1v) is 4.80. The Balaban J connectivity index is 2.78. The smallest absolute Gasteiger partial charge is 0.102 e. The van der Waals surface area contributed by atoms with Gasteiger partial charge in [-0.1, -0.05) is 13.8 Å². The van der Waals surface area contributed by atoms with Crippen LogP contribution in [0.3, 0.4) is 0 Å². The predicted molar refractivity (Wildman–Crippen MR) is 54.4 cm³/mol. The number of aliphatic hydroxyl groups is 1. The molecule has 2 unspecified atom stereocenters. The number of aromatic nitrogens is 2. The molecule has 78 valence electrons. The topological polar surface area (TPSA) is 72.0 Å². The molecule has 3 N–H and O–H groups in total. The molecule has 0 radical (unpaired) electrons. The molecular formula is C10H17N3O. The van der Waals surface area contributed by atoms with Gasteiger partial charge in [-0.15, -0.1) is 0 Å². The SMILES string of the molecule is CC(C)C(CN)C(O)c1cnccn1. The zero-order valence-electron chi connectivity index (χ0n) is 8.59. The first kappa shape index (κ1) is 11.1. The molecule has 0 spiro atoms. The van der Waals surface area contributed by atoms with Crippen LogP contribution in [-0.4, -0.2) is 21.6 Å². The zero-order chi connectivity index (χ0) is 10.6. The van der Waals surface area contributed by atoms with Gasteiger partial charge < -0.3 is 10.8 Å². The van der Waals surface area contributed by atoms with E-state index in [4.69, 9.17) is 5.73 Å². The summed E-state index contributed by atoms with van der Waals surface area (Å²) in [6.07, 6.45) is 4.12. The van der Waals surface area contributed by atoms with Crippen LogP contribution in [0.5, 0.6) is 0 Å². The normalized spacial score (nSPS) is 15.5. The third-order valence-corrected chi connectivity index (χ3v) is 2.42. The fourth-order valence-corrected chi connectivity index (χ4v) is 1.45. The monoisotopic (exact) mass is 195 g/mol. The second-order valence-corrected chi connectivity index (χ2v) is 3.72. The Labute approximate surface area is 84.2 Å². The maximum absolute atomic E-state index is 9.97. The molecule has 0 saturated carbocycles. The Hall–Kier alpha value is -1.00. The molecule has 14 heavy (non-hydrogen) atoms. The summed E-state index contributed by atoms with van der Waals surface area (Å²) in [7, 11) is 0. The van der Waals surface area contributed by atoms with Gasteiger partial charge in [-0.2, -0.15) is 0 Å². The van der Waals surface area contributed by atoms with Gasteiger partial charge >= 0.3 is 0 Å². The summed E-state index contributed by atoms with van der Waals surface area (Å²) in [5.74, 6) is 0.365. The molecule has 0 amide bonds. The van der Waals surface area contributed by atoms with E-state index < -0.39 is 6.10 Å². The van der Waals surface area contributed by atoms with Gasteiger partial charge in [0, 0.05) is 18.3 Å². The van der Waals surface area contributed by atoms with E-state index in [-0.39, 0.29) is 5.92 Å². The third kappa shape index (κ3) is 2.49. The van der Waals surface area contributed by atoms with E-state index in [1.165, 1.54) is 0 Å². The van der Waals surface area contributed by atoms with Crippen LogP contribution in [0.1, 0.15) is 25.6 Å². The molecule has 0 fully saturated rings. The Morgan fingerprint density at radius 2 is 2.14 bits per heavy atom. The average molecular weight is 195 g/mol. The van der Waals surface area contributed by atoms with E-state index in [2.05, 4.69) is 9.97 Å². The van der Waals surface area contributed by atoms with Gasteiger partial charge in [0.05, 0.1) is 11.9 Å². The Morgan fingerprint density at radius 3 is 2.57 bits per heavy atom. The number of nitrogens with two attached hydrogens (primary N) is 1. The molecule has 0 saturated heterocycles. The summed E-state index contributed by atoms with van der Waals surface area (Å²) in [4.78, 5) is 7.98. The predicted octanol–water partition coefficient (Wildman–Crippen LogP) is 0.741. The molecular weight excluding hydrogens is 178 g/mol. The number of aliphatic hydroxyl groups excluding tert-OH is 1. The average Bonchev–Trinajstić information content (AvgIpc) is 2.19. The van der Waals surface area contributed by atoms with Gasteiger partial charge in [0.25, 0.3) is 0 Å². The largest absolute Gasteiger partial charge is 0.386 e. The van der Waals surface area contributed by atoms with Crippen LogP contribution < -0.4 is 5.73 Å². The van der Waals surface area contributed by atoms with Gasteiger partial charge in [0.2, 0.25) is 0 Å². The van der Waals surface area contributed by atoms with E-state index in [1.807, 2.05) is 13.8 Å². The van der Waals surface area contributed by atoms with Crippen LogP contribution in [0, 0.1) is 11.8 Å². The summed E-state index contributed by atoms with van der Waals surface area (Å²) < 4.78 is 0. The summed E-state index contributed by atoms with van der Waals surface area (Å²) in [6, 6.07) is 0. The van der Waals surface area contributed by atoms with Gasteiger partial charge in [0.1, 0.15) is 6.10 Å².